The molecule has 35 heavy (non-hydrogen) atoms. The van der Waals surface area contributed by atoms with E-state index in [0.717, 1.165) is 16.7 Å². The monoisotopic (exact) mass is 468 g/mol. The first-order chi connectivity index (χ1) is 16.9. The smallest absolute Gasteiger partial charge is 0.290 e. The molecule has 0 spiro atoms. The number of aromatic nitrogens is 1. The van der Waals surface area contributed by atoms with Crippen LogP contribution in [0.25, 0.3) is 11.0 Å². The van der Waals surface area contributed by atoms with Gasteiger partial charge in [0.25, 0.3) is 5.91 Å². The average molecular weight is 469 g/mol. The minimum atomic E-state index is -0.821. The number of carbonyl (C=O) groups is 2. The standard InChI is InChI=1S/C28H24N2O5/c1-16-9-10-17(2)20(12-16)15-30-24(19-7-5-11-29-14-19)23(26(32)28(30)33)25(31)22-13-18-6-4-8-21(34-3)27(18)35-22/h4-14,24,32H,15H2,1-3H3. The summed E-state index contributed by atoms with van der Waals surface area (Å²) in [4.78, 5) is 32.7. The van der Waals surface area contributed by atoms with E-state index in [1.807, 2.05) is 32.0 Å². The lowest BCUT2D eigenvalue weighted by molar-refractivity contribution is -0.130. The number of nitrogens with zero attached hydrogens (tertiary/aromatic N) is 2. The molecular weight excluding hydrogens is 444 g/mol. The van der Waals surface area contributed by atoms with Gasteiger partial charge in [0, 0.05) is 24.3 Å². The van der Waals surface area contributed by atoms with Gasteiger partial charge in [0.2, 0.25) is 5.78 Å². The van der Waals surface area contributed by atoms with Crippen molar-refractivity contribution in [1.82, 2.24) is 9.88 Å². The first-order valence-electron chi connectivity index (χ1n) is 11.2. The zero-order valence-electron chi connectivity index (χ0n) is 19.6. The number of para-hydroxylation sites is 1. The summed E-state index contributed by atoms with van der Waals surface area (Å²) < 4.78 is 11.2. The number of benzene rings is 2. The summed E-state index contributed by atoms with van der Waals surface area (Å²) in [5, 5.41) is 11.6. The number of aliphatic hydroxyl groups is 1. The summed E-state index contributed by atoms with van der Waals surface area (Å²) in [6, 6.07) is 15.6. The molecule has 7 nitrogen and oxygen atoms in total. The van der Waals surface area contributed by atoms with Crippen LogP contribution in [0.15, 0.2) is 82.7 Å². The maximum absolute atomic E-state index is 13.7. The van der Waals surface area contributed by atoms with Crippen molar-refractivity contribution >= 4 is 22.7 Å². The zero-order valence-corrected chi connectivity index (χ0v) is 19.6. The number of methoxy groups -OCH3 is 1. The second-order valence-corrected chi connectivity index (χ2v) is 8.63. The van der Waals surface area contributed by atoms with Gasteiger partial charge >= 0.3 is 0 Å². The largest absolute Gasteiger partial charge is 0.503 e. The third-order valence-corrected chi connectivity index (χ3v) is 6.35. The Morgan fingerprint density at radius 1 is 1.14 bits per heavy atom. The Balaban J connectivity index is 1.60. The normalized spacial score (nSPS) is 15.8. The van der Waals surface area contributed by atoms with Crippen LogP contribution in [0.1, 0.15) is 38.9 Å². The van der Waals surface area contributed by atoms with Gasteiger partial charge in [-0.1, -0.05) is 42.0 Å². The number of Topliss-reactive ketones (excluding diaryl/α,β-unsaturated/α-hetero) is 1. The first-order valence-corrected chi connectivity index (χ1v) is 11.2. The third kappa shape index (κ3) is 3.85. The Hall–Kier alpha value is -4.39. The molecule has 1 aliphatic heterocycles. The lowest BCUT2D eigenvalue weighted by Gasteiger charge is -2.27. The molecule has 1 atom stereocenters. The maximum atomic E-state index is 13.7. The number of furan rings is 1. The van der Waals surface area contributed by atoms with Gasteiger partial charge in [-0.25, -0.2) is 0 Å². The predicted octanol–water partition coefficient (Wildman–Crippen LogP) is 5.23. The second-order valence-electron chi connectivity index (χ2n) is 8.63. The molecule has 176 valence electrons. The van der Waals surface area contributed by atoms with Crippen LogP contribution in [0.3, 0.4) is 0 Å². The fraction of sp³-hybridized carbons (Fsp3) is 0.179. The maximum Gasteiger partial charge on any atom is 0.290 e. The van der Waals surface area contributed by atoms with Crippen LogP contribution in [-0.2, 0) is 11.3 Å². The molecule has 3 heterocycles. The van der Waals surface area contributed by atoms with Gasteiger partial charge < -0.3 is 19.2 Å². The van der Waals surface area contributed by atoms with Crippen LogP contribution in [0.2, 0.25) is 0 Å². The van der Waals surface area contributed by atoms with Crippen LogP contribution < -0.4 is 4.74 Å². The molecule has 1 unspecified atom stereocenters. The van der Waals surface area contributed by atoms with E-state index in [1.165, 1.54) is 12.0 Å². The molecule has 0 fully saturated rings. The molecular formula is C28H24N2O5. The number of fused-ring (bicyclic) bond motifs is 1. The molecule has 2 aromatic carbocycles. The van der Waals surface area contributed by atoms with Gasteiger partial charge in [-0.3, -0.25) is 14.6 Å². The Bertz CT molecular complexity index is 1490. The summed E-state index contributed by atoms with van der Waals surface area (Å²) in [6.45, 7) is 4.17. The molecule has 5 rings (SSSR count). The predicted molar refractivity (Wildman–Crippen MR) is 130 cm³/mol. The van der Waals surface area contributed by atoms with Gasteiger partial charge in [-0.2, -0.15) is 0 Å². The molecule has 0 bridgehead atoms. The van der Waals surface area contributed by atoms with Crippen LogP contribution in [0.4, 0.5) is 0 Å². The molecule has 0 radical (unpaired) electrons. The summed E-state index contributed by atoms with van der Waals surface area (Å²) >= 11 is 0. The van der Waals surface area contributed by atoms with Gasteiger partial charge in [-0.15, -0.1) is 0 Å². The van der Waals surface area contributed by atoms with Crippen molar-refractivity contribution in [2.75, 3.05) is 7.11 Å². The van der Waals surface area contributed by atoms with E-state index in [0.29, 0.717) is 22.3 Å². The number of ether oxygens (including phenoxy) is 1. The topological polar surface area (TPSA) is 92.9 Å². The quantitative estimate of drug-likeness (QED) is 0.390. The minimum Gasteiger partial charge on any atom is -0.503 e. The molecule has 1 amide bonds. The van der Waals surface area contributed by atoms with E-state index in [2.05, 4.69) is 4.98 Å². The molecule has 2 aromatic heterocycles. The van der Waals surface area contributed by atoms with Crippen molar-refractivity contribution in [2.24, 2.45) is 0 Å². The van der Waals surface area contributed by atoms with E-state index >= 15 is 0 Å². The minimum absolute atomic E-state index is 0.0151. The van der Waals surface area contributed by atoms with E-state index in [-0.39, 0.29) is 17.9 Å². The average Bonchev–Trinajstić information content (AvgIpc) is 3.41. The van der Waals surface area contributed by atoms with E-state index in [9.17, 15) is 14.7 Å². The number of pyridine rings is 1. The second kappa shape index (κ2) is 8.76. The number of aryl methyl sites for hydroxylation is 2. The summed E-state index contributed by atoms with van der Waals surface area (Å²) in [6.07, 6.45) is 3.22. The third-order valence-electron chi connectivity index (χ3n) is 6.35. The molecule has 1 aliphatic rings. The Morgan fingerprint density at radius 2 is 1.97 bits per heavy atom. The van der Waals surface area contributed by atoms with Crippen molar-refractivity contribution in [3.05, 3.63) is 106 Å². The van der Waals surface area contributed by atoms with Crippen molar-refractivity contribution in [3.63, 3.8) is 0 Å². The first kappa shape index (κ1) is 22.4. The highest BCUT2D eigenvalue weighted by atomic mass is 16.5. The van der Waals surface area contributed by atoms with Crippen molar-refractivity contribution in [3.8, 4) is 5.75 Å². The number of hydrogen-bond donors (Lipinski definition) is 1. The number of amides is 1. The number of carbonyl (C=O) groups excluding carboxylic acids is 2. The zero-order chi connectivity index (χ0) is 24.7. The van der Waals surface area contributed by atoms with Crippen molar-refractivity contribution in [2.45, 2.75) is 26.4 Å². The van der Waals surface area contributed by atoms with E-state index in [4.69, 9.17) is 9.15 Å². The molecule has 0 aliphatic carbocycles. The number of rotatable bonds is 6. The highest BCUT2D eigenvalue weighted by Gasteiger charge is 2.44. The molecule has 0 saturated carbocycles. The van der Waals surface area contributed by atoms with Gasteiger partial charge in [0.05, 0.1) is 18.7 Å². The lowest BCUT2D eigenvalue weighted by atomic mass is 9.95. The molecule has 7 heteroatoms. The van der Waals surface area contributed by atoms with Gasteiger partial charge in [0.1, 0.15) is 0 Å². The molecule has 4 aromatic rings. The Labute approximate surface area is 202 Å². The van der Waals surface area contributed by atoms with E-state index < -0.39 is 23.5 Å². The highest BCUT2D eigenvalue weighted by Crippen LogP contribution is 2.41. The summed E-state index contributed by atoms with van der Waals surface area (Å²) in [7, 11) is 1.52. The van der Waals surface area contributed by atoms with Crippen LogP contribution >= 0.6 is 0 Å². The Kier molecular flexibility index (Phi) is 5.61. The fourth-order valence-electron chi connectivity index (χ4n) is 4.53. The van der Waals surface area contributed by atoms with Gasteiger partial charge in [0.15, 0.2) is 22.9 Å². The highest BCUT2D eigenvalue weighted by molar-refractivity contribution is 6.16. The lowest BCUT2D eigenvalue weighted by Crippen LogP contribution is -2.31. The number of hydrogen-bond acceptors (Lipinski definition) is 6. The summed E-state index contributed by atoms with van der Waals surface area (Å²) in [5.41, 5.74) is 4.01. The molecule has 0 saturated heterocycles. The van der Waals surface area contributed by atoms with Gasteiger partial charge in [-0.05, 0) is 48.7 Å². The summed E-state index contributed by atoms with van der Waals surface area (Å²) in [5.74, 6) is -1.26. The number of aliphatic hydroxyl groups excluding tert-OH is 1. The SMILES string of the molecule is COc1cccc2cc(C(=O)C3=C(O)C(=O)N(Cc4cc(C)ccc4C)C3c3cccnc3)oc12. The van der Waals surface area contributed by atoms with Crippen molar-refractivity contribution in [1.29, 1.82) is 0 Å². The Morgan fingerprint density at radius 3 is 2.71 bits per heavy atom. The van der Waals surface area contributed by atoms with E-state index in [1.54, 1.807) is 48.8 Å². The van der Waals surface area contributed by atoms with Crippen LogP contribution in [0.5, 0.6) is 5.75 Å². The van der Waals surface area contributed by atoms with Crippen molar-refractivity contribution < 1.29 is 23.8 Å². The fourth-order valence-corrected chi connectivity index (χ4v) is 4.53. The number of ketones is 1. The molecule has 1 N–H and O–H groups in total. The van der Waals surface area contributed by atoms with Crippen LogP contribution in [0, 0.1) is 13.8 Å². The van der Waals surface area contributed by atoms with Crippen LogP contribution in [-0.4, -0.2) is 33.8 Å².